The highest BCUT2D eigenvalue weighted by Gasteiger charge is 2.24. The van der Waals surface area contributed by atoms with Crippen LogP contribution in [-0.4, -0.2) is 50.6 Å². The molecule has 174 valence electrons. The predicted molar refractivity (Wildman–Crippen MR) is 141 cm³/mol. The van der Waals surface area contributed by atoms with Crippen LogP contribution >= 0.6 is 24.0 Å². The summed E-state index contributed by atoms with van der Waals surface area (Å²) in [6.45, 7) is 5.08. The molecule has 0 aliphatic carbocycles. The summed E-state index contributed by atoms with van der Waals surface area (Å²) in [4.78, 5) is 18.2. The molecule has 1 heterocycles. The second-order valence-electron chi connectivity index (χ2n) is 7.72. The van der Waals surface area contributed by atoms with Gasteiger partial charge in [-0.3, -0.25) is 14.7 Å². The van der Waals surface area contributed by atoms with Gasteiger partial charge in [0.15, 0.2) is 5.96 Å². The molecule has 1 saturated heterocycles. The number of carbonyl (C=O) groups excluding carboxylic acids is 1. The largest absolute Gasteiger partial charge is 0.497 e. The van der Waals surface area contributed by atoms with E-state index in [0.717, 1.165) is 42.6 Å². The number of carbonyl (C=O) groups is 1. The first-order valence-electron chi connectivity index (χ1n) is 10.8. The van der Waals surface area contributed by atoms with Crippen molar-refractivity contribution in [3.05, 3.63) is 59.7 Å². The number of halogens is 1. The van der Waals surface area contributed by atoms with Gasteiger partial charge in [-0.2, -0.15) is 0 Å². The maximum absolute atomic E-state index is 11.3. The van der Waals surface area contributed by atoms with E-state index < -0.39 is 0 Å². The summed E-state index contributed by atoms with van der Waals surface area (Å²) in [6, 6.07) is 16.4. The van der Waals surface area contributed by atoms with Crippen LogP contribution in [0.4, 0.5) is 5.69 Å². The lowest BCUT2D eigenvalue weighted by Gasteiger charge is -2.29. The first kappa shape index (κ1) is 25.9. The Hall–Kier alpha value is -2.33. The molecule has 0 spiro atoms. The van der Waals surface area contributed by atoms with Crippen LogP contribution in [-0.2, 0) is 11.3 Å². The Bertz CT molecular complexity index is 899. The number of hydrogen-bond acceptors (Lipinski definition) is 4. The molecule has 0 bridgehead atoms. The minimum atomic E-state index is -0.0758. The van der Waals surface area contributed by atoms with Crippen molar-refractivity contribution in [3.8, 4) is 5.75 Å². The van der Waals surface area contributed by atoms with Gasteiger partial charge >= 0.3 is 0 Å². The van der Waals surface area contributed by atoms with E-state index >= 15 is 0 Å². The van der Waals surface area contributed by atoms with E-state index in [1.807, 2.05) is 36.4 Å². The van der Waals surface area contributed by atoms with Crippen molar-refractivity contribution >= 4 is 41.5 Å². The molecular formula is C24H34IN5O2. The quantitative estimate of drug-likeness (QED) is 0.265. The van der Waals surface area contributed by atoms with E-state index in [9.17, 15) is 4.79 Å². The number of rotatable bonds is 8. The Morgan fingerprint density at radius 2 is 1.88 bits per heavy atom. The molecule has 2 aromatic rings. The highest BCUT2D eigenvalue weighted by molar-refractivity contribution is 14.0. The van der Waals surface area contributed by atoms with Gasteiger partial charge in [0.05, 0.1) is 13.2 Å². The molecule has 3 rings (SSSR count). The molecule has 8 heteroatoms. The molecule has 32 heavy (non-hydrogen) atoms. The van der Waals surface area contributed by atoms with Gasteiger partial charge in [-0.1, -0.05) is 24.3 Å². The first-order valence-corrected chi connectivity index (χ1v) is 10.8. The summed E-state index contributed by atoms with van der Waals surface area (Å²) in [6.07, 6.45) is 2.47. The number of guanidine groups is 1. The molecule has 2 aromatic carbocycles. The number of hydrogen-bond donors (Lipinski definition) is 3. The first-order chi connectivity index (χ1) is 15.1. The molecule has 0 saturated carbocycles. The Morgan fingerprint density at radius 1 is 1.12 bits per heavy atom. The van der Waals surface area contributed by atoms with Crippen LogP contribution in [0.3, 0.4) is 0 Å². The van der Waals surface area contributed by atoms with E-state index in [4.69, 9.17) is 4.74 Å². The molecule has 0 radical (unpaired) electrons. The van der Waals surface area contributed by atoms with E-state index in [-0.39, 0.29) is 35.9 Å². The van der Waals surface area contributed by atoms with Crippen molar-refractivity contribution in [2.75, 3.05) is 39.1 Å². The van der Waals surface area contributed by atoms with Crippen LogP contribution in [0.2, 0.25) is 0 Å². The number of anilines is 1. The van der Waals surface area contributed by atoms with Crippen LogP contribution in [0.5, 0.6) is 5.75 Å². The Morgan fingerprint density at radius 3 is 2.56 bits per heavy atom. The van der Waals surface area contributed by atoms with E-state index in [1.165, 1.54) is 25.3 Å². The zero-order valence-corrected chi connectivity index (χ0v) is 21.4. The molecule has 0 aromatic heterocycles. The van der Waals surface area contributed by atoms with Gasteiger partial charge in [-0.15, -0.1) is 24.0 Å². The van der Waals surface area contributed by atoms with Gasteiger partial charge < -0.3 is 20.7 Å². The number of aliphatic imine (C=N–C) groups is 1. The van der Waals surface area contributed by atoms with Crippen LogP contribution in [0.25, 0.3) is 0 Å². The lowest BCUT2D eigenvalue weighted by atomic mass is 10.1. The van der Waals surface area contributed by atoms with Gasteiger partial charge in [0.2, 0.25) is 5.91 Å². The second kappa shape index (κ2) is 13.3. The molecule has 3 N–H and O–H groups in total. The number of likely N-dealkylation sites (tertiary alicyclic amines) is 1. The number of methoxy groups -OCH3 is 1. The van der Waals surface area contributed by atoms with Crippen molar-refractivity contribution in [3.63, 3.8) is 0 Å². The maximum Gasteiger partial charge on any atom is 0.221 e. The molecule has 1 amide bonds. The Kier molecular flexibility index (Phi) is 10.8. The minimum Gasteiger partial charge on any atom is -0.497 e. The zero-order valence-electron chi connectivity index (χ0n) is 19.1. The van der Waals surface area contributed by atoms with E-state index in [0.29, 0.717) is 6.54 Å². The minimum absolute atomic E-state index is 0. The van der Waals surface area contributed by atoms with Crippen LogP contribution in [0.1, 0.15) is 36.9 Å². The van der Waals surface area contributed by atoms with Gasteiger partial charge in [-0.25, -0.2) is 0 Å². The summed E-state index contributed by atoms with van der Waals surface area (Å²) in [5.74, 6) is 1.55. The van der Waals surface area contributed by atoms with Crippen LogP contribution < -0.4 is 20.7 Å². The maximum atomic E-state index is 11.3. The number of benzene rings is 2. The van der Waals surface area contributed by atoms with Crippen molar-refractivity contribution in [2.24, 2.45) is 4.99 Å². The fourth-order valence-corrected chi connectivity index (χ4v) is 3.92. The van der Waals surface area contributed by atoms with Gasteiger partial charge in [0, 0.05) is 32.7 Å². The third-order valence-electron chi connectivity index (χ3n) is 5.45. The topological polar surface area (TPSA) is 78.0 Å². The number of amides is 1. The van der Waals surface area contributed by atoms with Crippen LogP contribution in [0, 0.1) is 0 Å². The van der Waals surface area contributed by atoms with E-state index in [1.54, 1.807) is 14.2 Å². The molecule has 7 nitrogen and oxygen atoms in total. The molecule has 1 fully saturated rings. The summed E-state index contributed by atoms with van der Waals surface area (Å²) < 4.78 is 5.43. The summed E-state index contributed by atoms with van der Waals surface area (Å²) >= 11 is 0. The van der Waals surface area contributed by atoms with Crippen molar-refractivity contribution in [2.45, 2.75) is 32.4 Å². The fraction of sp³-hybridized carbons (Fsp3) is 0.417. The third kappa shape index (κ3) is 7.67. The summed E-state index contributed by atoms with van der Waals surface area (Å²) in [5.41, 5.74) is 3.10. The normalized spacial score (nSPS) is 14.9. The molecule has 1 unspecified atom stereocenters. The van der Waals surface area contributed by atoms with Gasteiger partial charge in [0.25, 0.3) is 0 Å². The van der Waals surface area contributed by atoms with Crippen molar-refractivity contribution in [1.29, 1.82) is 0 Å². The number of ether oxygens (including phenoxy) is 1. The molecule has 1 atom stereocenters. The fourth-order valence-electron chi connectivity index (χ4n) is 3.92. The standard InChI is InChI=1S/C24H33N5O2.HI/c1-18(30)28-21-10-6-8-19(14-21)16-26-24(25-2)27-17-23(29-12-4-5-13-29)20-9-7-11-22(15-20)31-3;/h6-11,14-15,23H,4-5,12-13,16-17H2,1-3H3,(H,28,30)(H2,25,26,27);1H. The van der Waals surface area contributed by atoms with Crippen LogP contribution in [0.15, 0.2) is 53.5 Å². The average molecular weight is 551 g/mol. The SMILES string of the molecule is CN=C(NCc1cccc(NC(C)=O)c1)NCC(c1cccc(OC)c1)N1CCCC1.I. The van der Waals surface area contributed by atoms with E-state index in [2.05, 4.69) is 38.0 Å². The Labute approximate surface area is 208 Å². The summed E-state index contributed by atoms with van der Waals surface area (Å²) in [7, 11) is 3.48. The van der Waals surface area contributed by atoms with Crippen molar-refractivity contribution < 1.29 is 9.53 Å². The molecule has 1 aliphatic heterocycles. The second-order valence-corrected chi connectivity index (χ2v) is 7.72. The lowest BCUT2D eigenvalue weighted by molar-refractivity contribution is -0.114. The van der Waals surface area contributed by atoms with Crippen molar-refractivity contribution in [1.82, 2.24) is 15.5 Å². The zero-order chi connectivity index (χ0) is 22.1. The smallest absolute Gasteiger partial charge is 0.221 e. The highest BCUT2D eigenvalue weighted by atomic mass is 127. The lowest BCUT2D eigenvalue weighted by Crippen LogP contribution is -2.42. The average Bonchev–Trinajstić information content (AvgIpc) is 3.30. The third-order valence-corrected chi connectivity index (χ3v) is 5.45. The molecular weight excluding hydrogens is 517 g/mol. The Balaban J connectivity index is 0.00000363. The molecule has 1 aliphatic rings. The predicted octanol–water partition coefficient (Wildman–Crippen LogP) is 3.77. The summed E-state index contributed by atoms with van der Waals surface area (Å²) in [5, 5.41) is 9.67. The number of nitrogens with one attached hydrogen (secondary N) is 3. The number of nitrogens with zero attached hydrogens (tertiary/aromatic N) is 2. The van der Waals surface area contributed by atoms with Gasteiger partial charge in [0.1, 0.15) is 5.75 Å². The van der Waals surface area contributed by atoms with Gasteiger partial charge in [-0.05, 0) is 61.3 Å². The monoisotopic (exact) mass is 551 g/mol. The highest BCUT2D eigenvalue weighted by Crippen LogP contribution is 2.27.